The molecule has 8 heteroatoms. The van der Waals surface area contributed by atoms with Gasteiger partial charge in [-0.2, -0.15) is 14.5 Å². The molecule has 2 aromatic heterocycles. The molecule has 126 valence electrons. The third kappa shape index (κ3) is 2.81. The molecule has 0 N–H and O–H groups in total. The Labute approximate surface area is 137 Å². The molecule has 0 spiro atoms. The molecule has 3 rings (SSSR count). The molecule has 1 aliphatic rings. The lowest BCUT2D eigenvalue weighted by Gasteiger charge is -2.24. The maximum atomic E-state index is 12.9. The van der Waals surface area contributed by atoms with Gasteiger partial charge in [0.05, 0.1) is 12.4 Å². The van der Waals surface area contributed by atoms with Crippen molar-refractivity contribution in [3.8, 4) is 0 Å². The first kappa shape index (κ1) is 16.2. The molecule has 0 bridgehead atoms. The highest BCUT2D eigenvalue weighted by Gasteiger charge is 2.45. The van der Waals surface area contributed by atoms with Crippen LogP contribution in [-0.4, -0.2) is 45.4 Å². The summed E-state index contributed by atoms with van der Waals surface area (Å²) in [6.07, 6.45) is 6.83. The topological polar surface area (TPSA) is 73.0 Å². The fourth-order valence-electron chi connectivity index (χ4n) is 3.24. The molecule has 0 aromatic carbocycles. The lowest BCUT2D eigenvalue weighted by molar-refractivity contribution is 0.347. The van der Waals surface area contributed by atoms with Gasteiger partial charge in [0.1, 0.15) is 4.90 Å². The predicted octanol–water partition coefficient (Wildman–Crippen LogP) is 1.45. The van der Waals surface area contributed by atoms with Crippen LogP contribution in [0.25, 0.3) is 0 Å². The van der Waals surface area contributed by atoms with Crippen molar-refractivity contribution in [3.63, 3.8) is 0 Å². The van der Waals surface area contributed by atoms with Crippen LogP contribution < -0.4 is 0 Å². The molecule has 0 amide bonds. The molecule has 23 heavy (non-hydrogen) atoms. The molecule has 1 aliphatic heterocycles. The lowest BCUT2D eigenvalue weighted by Crippen LogP contribution is -2.30. The van der Waals surface area contributed by atoms with Crippen LogP contribution in [0.5, 0.6) is 0 Å². The summed E-state index contributed by atoms with van der Waals surface area (Å²) in [6.45, 7) is 7.76. The van der Waals surface area contributed by atoms with E-state index >= 15 is 0 Å². The van der Waals surface area contributed by atoms with Crippen molar-refractivity contribution in [2.75, 3.05) is 13.1 Å². The zero-order valence-electron chi connectivity index (χ0n) is 14.0. The number of aromatic nitrogens is 4. The van der Waals surface area contributed by atoms with Gasteiger partial charge in [-0.05, 0) is 17.9 Å². The summed E-state index contributed by atoms with van der Waals surface area (Å²) >= 11 is 0. The Morgan fingerprint density at radius 2 is 2.00 bits per heavy atom. The van der Waals surface area contributed by atoms with Crippen LogP contribution in [0.4, 0.5) is 0 Å². The van der Waals surface area contributed by atoms with E-state index in [0.717, 1.165) is 5.56 Å². The first-order valence-electron chi connectivity index (χ1n) is 7.75. The Kier molecular flexibility index (Phi) is 3.84. The van der Waals surface area contributed by atoms with Gasteiger partial charge in [-0.3, -0.25) is 9.36 Å². The normalized spacial score (nSPS) is 21.8. The summed E-state index contributed by atoms with van der Waals surface area (Å²) in [7, 11) is -1.64. The van der Waals surface area contributed by atoms with Crippen molar-refractivity contribution in [3.05, 3.63) is 30.4 Å². The quantitative estimate of drug-likeness (QED) is 0.846. The van der Waals surface area contributed by atoms with E-state index < -0.39 is 10.0 Å². The molecule has 0 radical (unpaired) electrons. The zero-order valence-corrected chi connectivity index (χ0v) is 14.8. The molecule has 0 aliphatic carbocycles. The van der Waals surface area contributed by atoms with E-state index in [1.165, 1.54) is 6.20 Å². The molecule has 1 atom stereocenters. The average molecular weight is 337 g/mol. The van der Waals surface area contributed by atoms with Crippen molar-refractivity contribution in [1.82, 2.24) is 23.9 Å². The van der Waals surface area contributed by atoms with Crippen molar-refractivity contribution in [2.24, 2.45) is 12.5 Å². The minimum absolute atomic E-state index is 0.132. The molecular formula is C15H23N5O2S. The molecular weight excluding hydrogens is 314 g/mol. The van der Waals surface area contributed by atoms with Gasteiger partial charge < -0.3 is 0 Å². The van der Waals surface area contributed by atoms with Crippen LogP contribution in [0.3, 0.4) is 0 Å². The lowest BCUT2D eigenvalue weighted by atomic mass is 9.79. The van der Waals surface area contributed by atoms with Crippen LogP contribution in [0.15, 0.2) is 29.7 Å². The Morgan fingerprint density at radius 3 is 2.57 bits per heavy atom. The van der Waals surface area contributed by atoms with Crippen molar-refractivity contribution in [2.45, 2.75) is 38.1 Å². The second-order valence-corrected chi connectivity index (χ2v) is 8.76. The predicted molar refractivity (Wildman–Crippen MR) is 86.4 cm³/mol. The summed E-state index contributed by atoms with van der Waals surface area (Å²) in [6, 6.07) is 0. The second kappa shape index (κ2) is 5.45. The number of rotatable bonds is 4. The summed E-state index contributed by atoms with van der Waals surface area (Å²) in [4.78, 5) is 0.266. The number of aryl methyl sites for hydroxylation is 2. The van der Waals surface area contributed by atoms with Crippen LogP contribution in [0, 0.1) is 5.41 Å². The summed E-state index contributed by atoms with van der Waals surface area (Å²) in [5, 5.41) is 8.31. The highest BCUT2D eigenvalue weighted by molar-refractivity contribution is 7.89. The maximum absolute atomic E-state index is 12.9. The van der Waals surface area contributed by atoms with E-state index in [0.29, 0.717) is 19.6 Å². The highest BCUT2D eigenvalue weighted by atomic mass is 32.2. The number of hydrogen-bond donors (Lipinski definition) is 0. The van der Waals surface area contributed by atoms with E-state index in [1.54, 1.807) is 19.9 Å². The molecule has 1 fully saturated rings. The Balaban J connectivity index is 1.90. The van der Waals surface area contributed by atoms with Crippen molar-refractivity contribution >= 4 is 10.0 Å². The zero-order chi connectivity index (χ0) is 16.8. The molecule has 0 unspecified atom stereocenters. The number of sulfonamides is 1. The van der Waals surface area contributed by atoms with E-state index in [2.05, 4.69) is 24.0 Å². The second-order valence-electron chi connectivity index (χ2n) is 6.82. The van der Waals surface area contributed by atoms with E-state index in [9.17, 15) is 8.42 Å². The first-order valence-corrected chi connectivity index (χ1v) is 9.19. The minimum Gasteiger partial charge on any atom is -0.276 e. The van der Waals surface area contributed by atoms with E-state index in [-0.39, 0.29) is 16.2 Å². The Hall–Kier alpha value is -1.67. The van der Waals surface area contributed by atoms with Crippen molar-refractivity contribution in [1.29, 1.82) is 0 Å². The fourth-order valence-corrected chi connectivity index (χ4v) is 4.82. The van der Waals surface area contributed by atoms with Gasteiger partial charge in [0.15, 0.2) is 0 Å². The van der Waals surface area contributed by atoms with Gasteiger partial charge >= 0.3 is 0 Å². The van der Waals surface area contributed by atoms with Gasteiger partial charge in [-0.25, -0.2) is 8.42 Å². The monoisotopic (exact) mass is 337 g/mol. The first-order chi connectivity index (χ1) is 10.7. The van der Waals surface area contributed by atoms with Crippen molar-refractivity contribution < 1.29 is 8.42 Å². The van der Waals surface area contributed by atoms with Crippen LogP contribution >= 0.6 is 0 Å². The van der Waals surface area contributed by atoms with Gasteiger partial charge in [0, 0.05) is 45.0 Å². The van der Waals surface area contributed by atoms with Crippen LogP contribution in [-0.2, 0) is 23.6 Å². The summed E-state index contributed by atoms with van der Waals surface area (Å²) < 4.78 is 30.7. The van der Waals surface area contributed by atoms with Crippen LogP contribution in [0.1, 0.15) is 32.3 Å². The largest absolute Gasteiger partial charge is 0.276 e. The van der Waals surface area contributed by atoms with Gasteiger partial charge in [-0.15, -0.1) is 0 Å². The summed E-state index contributed by atoms with van der Waals surface area (Å²) in [5.41, 5.74) is 0.941. The molecule has 2 aromatic rings. The van der Waals surface area contributed by atoms with Gasteiger partial charge in [0.25, 0.3) is 0 Å². The molecule has 3 heterocycles. The third-order valence-electron chi connectivity index (χ3n) is 4.61. The molecule has 7 nitrogen and oxygen atoms in total. The van der Waals surface area contributed by atoms with Gasteiger partial charge in [0.2, 0.25) is 10.0 Å². The third-order valence-corrected chi connectivity index (χ3v) is 6.38. The van der Waals surface area contributed by atoms with E-state index in [4.69, 9.17) is 0 Å². The number of hydrogen-bond acceptors (Lipinski definition) is 4. The van der Waals surface area contributed by atoms with E-state index in [1.807, 2.05) is 26.4 Å². The van der Waals surface area contributed by atoms with Crippen LogP contribution in [0.2, 0.25) is 0 Å². The Morgan fingerprint density at radius 1 is 1.26 bits per heavy atom. The Bertz CT molecular complexity index is 805. The fraction of sp³-hybridized carbons (Fsp3) is 0.600. The number of nitrogens with zero attached hydrogens (tertiary/aromatic N) is 5. The maximum Gasteiger partial charge on any atom is 0.246 e. The SMILES string of the molecule is CCn1cc(S(=O)(=O)N2C[C@@H](c3cnn(C)c3)C(C)(C)C2)cn1. The molecule has 1 saturated heterocycles. The van der Waals surface area contributed by atoms with Gasteiger partial charge in [-0.1, -0.05) is 13.8 Å². The highest BCUT2D eigenvalue weighted by Crippen LogP contribution is 2.43. The molecule has 0 saturated carbocycles. The standard InChI is InChI=1S/C15H23N5O2S/c1-5-19-9-13(7-17-19)23(21,22)20-10-14(15(2,3)11-20)12-6-16-18(4)8-12/h6-9,14H,5,10-11H2,1-4H3/t14-/m0/s1. The minimum atomic E-state index is -3.51. The smallest absolute Gasteiger partial charge is 0.246 e. The summed E-state index contributed by atoms with van der Waals surface area (Å²) in [5.74, 6) is 0.132. The average Bonchev–Trinajstić information content (AvgIpc) is 3.16.